The minimum absolute atomic E-state index is 0.610. The molecule has 0 aliphatic heterocycles. The fourth-order valence-corrected chi connectivity index (χ4v) is 3.58. The summed E-state index contributed by atoms with van der Waals surface area (Å²) in [5.41, 5.74) is 3.27. The highest BCUT2D eigenvalue weighted by Crippen LogP contribution is 2.18. The molecule has 1 aromatic carbocycles. The van der Waals surface area contributed by atoms with Crippen LogP contribution in [-0.4, -0.2) is 22.5 Å². The number of para-hydroxylation sites is 1. The molecule has 0 saturated heterocycles. The number of aryl methyl sites for hydroxylation is 2. The number of hydrogen-bond donors (Lipinski definition) is 2. The molecule has 5 nitrogen and oxygen atoms in total. The Morgan fingerprint density at radius 3 is 2.76 bits per heavy atom. The van der Waals surface area contributed by atoms with Gasteiger partial charge in [-0.3, -0.25) is 4.98 Å². The van der Waals surface area contributed by atoms with Gasteiger partial charge in [-0.05, 0) is 38.5 Å². The molecule has 0 unspecified atom stereocenters. The van der Waals surface area contributed by atoms with Crippen LogP contribution >= 0.6 is 11.3 Å². The number of fused-ring (bicyclic) bond motifs is 1. The number of thiazole rings is 1. The minimum Gasteiger partial charge on any atom is -0.357 e. The monoisotopic (exact) mass is 353 g/mol. The largest absolute Gasteiger partial charge is 0.357 e. The molecule has 0 bridgehead atoms. The normalized spacial score (nSPS) is 11.7. The minimum atomic E-state index is 0.610. The Balaban J connectivity index is 1.74. The van der Waals surface area contributed by atoms with Crippen molar-refractivity contribution in [3.63, 3.8) is 0 Å². The van der Waals surface area contributed by atoms with Crippen molar-refractivity contribution in [1.82, 2.24) is 20.6 Å². The predicted molar refractivity (Wildman–Crippen MR) is 105 cm³/mol. The average molecular weight is 353 g/mol. The van der Waals surface area contributed by atoms with Crippen LogP contribution in [-0.2, 0) is 13.1 Å². The van der Waals surface area contributed by atoms with E-state index in [2.05, 4.69) is 33.6 Å². The Labute approximate surface area is 152 Å². The highest BCUT2D eigenvalue weighted by Gasteiger charge is 2.06. The van der Waals surface area contributed by atoms with Gasteiger partial charge in [-0.25, -0.2) is 9.98 Å². The number of aliphatic imine (C=N–C) groups is 1. The van der Waals surface area contributed by atoms with Gasteiger partial charge in [-0.2, -0.15) is 0 Å². The van der Waals surface area contributed by atoms with E-state index in [0.717, 1.165) is 40.7 Å². The summed E-state index contributed by atoms with van der Waals surface area (Å²) in [7, 11) is 0. The van der Waals surface area contributed by atoms with Crippen LogP contribution in [0.25, 0.3) is 10.9 Å². The van der Waals surface area contributed by atoms with Gasteiger partial charge < -0.3 is 10.6 Å². The summed E-state index contributed by atoms with van der Waals surface area (Å²) in [5.74, 6) is 0.814. The number of rotatable bonds is 5. The standard InChI is InChI=1S/C19H23N5S/c1-4-20-19(23-12-18-13(2)24-14(3)25-18)22-11-15-9-10-21-17-8-6-5-7-16(15)17/h5-10H,4,11-12H2,1-3H3,(H2,20,22,23). The molecule has 0 atom stereocenters. The number of hydrogen-bond acceptors (Lipinski definition) is 4. The van der Waals surface area contributed by atoms with Gasteiger partial charge in [0.05, 0.1) is 29.3 Å². The van der Waals surface area contributed by atoms with E-state index in [1.165, 1.54) is 10.4 Å². The molecule has 2 aromatic heterocycles. The zero-order chi connectivity index (χ0) is 17.6. The molecule has 0 amide bonds. The summed E-state index contributed by atoms with van der Waals surface area (Å²) >= 11 is 1.73. The van der Waals surface area contributed by atoms with Crippen LogP contribution in [0.3, 0.4) is 0 Å². The number of pyridine rings is 1. The Morgan fingerprint density at radius 1 is 1.16 bits per heavy atom. The first-order chi connectivity index (χ1) is 12.2. The lowest BCUT2D eigenvalue weighted by Crippen LogP contribution is -2.36. The van der Waals surface area contributed by atoms with Crippen molar-refractivity contribution in [2.24, 2.45) is 4.99 Å². The van der Waals surface area contributed by atoms with E-state index >= 15 is 0 Å². The molecule has 3 aromatic rings. The van der Waals surface area contributed by atoms with Crippen molar-refractivity contribution < 1.29 is 0 Å². The topological polar surface area (TPSA) is 62.2 Å². The van der Waals surface area contributed by atoms with E-state index in [0.29, 0.717) is 6.54 Å². The molecular formula is C19H23N5S. The Kier molecular flexibility index (Phi) is 5.60. The van der Waals surface area contributed by atoms with Gasteiger partial charge in [-0.15, -0.1) is 11.3 Å². The molecule has 0 spiro atoms. The summed E-state index contributed by atoms with van der Waals surface area (Å²) in [6.07, 6.45) is 1.84. The lowest BCUT2D eigenvalue weighted by atomic mass is 10.1. The first kappa shape index (κ1) is 17.4. The SMILES string of the molecule is CCNC(=NCc1ccnc2ccccc12)NCc1sc(C)nc1C. The van der Waals surface area contributed by atoms with Crippen LogP contribution in [0.4, 0.5) is 0 Å². The maximum absolute atomic E-state index is 4.74. The molecule has 25 heavy (non-hydrogen) atoms. The molecule has 0 saturated carbocycles. The second kappa shape index (κ2) is 8.07. The summed E-state index contributed by atoms with van der Waals surface area (Å²) in [4.78, 5) is 14.9. The zero-order valence-corrected chi connectivity index (χ0v) is 15.7. The number of nitrogens with one attached hydrogen (secondary N) is 2. The van der Waals surface area contributed by atoms with Crippen LogP contribution in [0, 0.1) is 13.8 Å². The molecular weight excluding hydrogens is 330 g/mol. The van der Waals surface area contributed by atoms with Gasteiger partial charge in [0.2, 0.25) is 0 Å². The van der Waals surface area contributed by atoms with Gasteiger partial charge >= 0.3 is 0 Å². The van der Waals surface area contributed by atoms with E-state index < -0.39 is 0 Å². The first-order valence-electron chi connectivity index (χ1n) is 8.45. The number of guanidine groups is 1. The third-order valence-electron chi connectivity index (χ3n) is 3.91. The summed E-state index contributed by atoms with van der Waals surface area (Å²) in [5, 5.41) is 8.96. The van der Waals surface area contributed by atoms with Crippen molar-refractivity contribution in [3.8, 4) is 0 Å². The molecule has 3 rings (SSSR count). The smallest absolute Gasteiger partial charge is 0.191 e. The van der Waals surface area contributed by atoms with E-state index in [9.17, 15) is 0 Å². The van der Waals surface area contributed by atoms with E-state index in [-0.39, 0.29) is 0 Å². The maximum Gasteiger partial charge on any atom is 0.191 e. The zero-order valence-electron chi connectivity index (χ0n) is 14.8. The predicted octanol–water partition coefficient (Wildman–Crippen LogP) is 3.56. The van der Waals surface area contributed by atoms with Gasteiger partial charge in [0.15, 0.2) is 5.96 Å². The van der Waals surface area contributed by atoms with E-state index in [1.807, 2.05) is 44.3 Å². The Morgan fingerprint density at radius 2 is 2.00 bits per heavy atom. The van der Waals surface area contributed by atoms with Crippen LogP contribution < -0.4 is 10.6 Å². The fourth-order valence-electron chi connectivity index (χ4n) is 2.70. The molecule has 2 N–H and O–H groups in total. The quantitative estimate of drug-likeness (QED) is 0.544. The number of aromatic nitrogens is 2. The molecule has 0 radical (unpaired) electrons. The van der Waals surface area contributed by atoms with Crippen molar-refractivity contribution in [1.29, 1.82) is 0 Å². The van der Waals surface area contributed by atoms with Crippen LogP contribution in [0.2, 0.25) is 0 Å². The number of benzene rings is 1. The Bertz CT molecular complexity index is 879. The highest BCUT2D eigenvalue weighted by atomic mass is 32.1. The van der Waals surface area contributed by atoms with Gasteiger partial charge in [0.25, 0.3) is 0 Å². The fraction of sp³-hybridized carbons (Fsp3) is 0.316. The van der Waals surface area contributed by atoms with E-state index in [1.54, 1.807) is 11.3 Å². The molecule has 0 fully saturated rings. The first-order valence-corrected chi connectivity index (χ1v) is 9.26. The van der Waals surface area contributed by atoms with Crippen molar-refractivity contribution >= 4 is 28.2 Å². The number of nitrogens with zero attached hydrogens (tertiary/aromatic N) is 3. The average Bonchev–Trinajstić information content (AvgIpc) is 2.94. The van der Waals surface area contributed by atoms with Crippen molar-refractivity contribution in [2.45, 2.75) is 33.9 Å². The summed E-state index contributed by atoms with van der Waals surface area (Å²) < 4.78 is 0. The molecule has 2 heterocycles. The van der Waals surface area contributed by atoms with Crippen LogP contribution in [0.15, 0.2) is 41.5 Å². The molecule has 6 heteroatoms. The third-order valence-corrected chi connectivity index (χ3v) is 4.98. The summed E-state index contributed by atoms with van der Waals surface area (Å²) in [6.45, 7) is 8.33. The van der Waals surface area contributed by atoms with Gasteiger partial charge in [0.1, 0.15) is 0 Å². The van der Waals surface area contributed by atoms with Crippen molar-refractivity contribution in [3.05, 3.63) is 57.7 Å². The lowest BCUT2D eigenvalue weighted by Gasteiger charge is -2.11. The molecule has 0 aliphatic rings. The second-order valence-corrected chi connectivity index (χ2v) is 7.07. The van der Waals surface area contributed by atoms with Crippen LogP contribution in [0.5, 0.6) is 0 Å². The molecule has 130 valence electrons. The lowest BCUT2D eigenvalue weighted by molar-refractivity contribution is 0.819. The summed E-state index contributed by atoms with van der Waals surface area (Å²) in [6, 6.07) is 10.2. The van der Waals surface area contributed by atoms with Gasteiger partial charge in [0, 0.05) is 23.0 Å². The Hall–Kier alpha value is -2.47. The van der Waals surface area contributed by atoms with E-state index in [4.69, 9.17) is 4.99 Å². The maximum atomic E-state index is 4.74. The third kappa shape index (κ3) is 4.33. The second-order valence-electron chi connectivity index (χ2n) is 5.78. The van der Waals surface area contributed by atoms with Crippen LogP contribution in [0.1, 0.15) is 28.1 Å². The molecule has 0 aliphatic carbocycles. The highest BCUT2D eigenvalue weighted by molar-refractivity contribution is 7.11. The van der Waals surface area contributed by atoms with Gasteiger partial charge in [-0.1, -0.05) is 18.2 Å². The van der Waals surface area contributed by atoms with Crippen molar-refractivity contribution in [2.75, 3.05) is 6.54 Å².